The average molecular weight is 400 g/mol. The number of hydrogen-bond donors (Lipinski definition) is 2. The maximum Gasteiger partial charge on any atom is 0.253 e. The third kappa shape index (κ3) is 4.47. The van der Waals surface area contributed by atoms with Gasteiger partial charge in [0.25, 0.3) is 5.91 Å². The van der Waals surface area contributed by atoms with Crippen LogP contribution in [-0.4, -0.2) is 17.9 Å². The predicted octanol–water partition coefficient (Wildman–Crippen LogP) is 4.09. The summed E-state index contributed by atoms with van der Waals surface area (Å²) in [6.07, 6.45) is -0.437. The molecule has 1 atom stereocenters. The van der Waals surface area contributed by atoms with E-state index in [9.17, 15) is 31.5 Å². The fourth-order valence-corrected chi connectivity index (χ4v) is 2.35. The van der Waals surface area contributed by atoms with Gasteiger partial charge >= 0.3 is 0 Å². The summed E-state index contributed by atoms with van der Waals surface area (Å²) in [5.41, 5.74) is -1.12. The van der Waals surface area contributed by atoms with Gasteiger partial charge in [-0.3, -0.25) is 9.59 Å². The van der Waals surface area contributed by atoms with Crippen LogP contribution in [0.3, 0.4) is 0 Å². The summed E-state index contributed by atoms with van der Waals surface area (Å²) < 4.78 is 67.1. The molecule has 2 aromatic carbocycles. The molecule has 4 nitrogen and oxygen atoms in total. The highest BCUT2D eigenvalue weighted by Crippen LogP contribution is 2.24. The van der Waals surface area contributed by atoms with E-state index in [0.29, 0.717) is 6.42 Å². The first-order valence-electron chi connectivity index (χ1n) is 8.37. The number of carbonyl (C=O) groups is 2. The molecule has 28 heavy (non-hydrogen) atoms. The molecule has 0 fully saturated rings. The molecule has 0 aromatic heterocycles. The molecular formula is C19H17F5N2O2. The van der Waals surface area contributed by atoms with Crippen LogP contribution in [0.5, 0.6) is 0 Å². The number of benzene rings is 2. The Hall–Kier alpha value is -2.97. The Morgan fingerprint density at radius 1 is 0.929 bits per heavy atom. The van der Waals surface area contributed by atoms with E-state index in [1.807, 2.05) is 6.92 Å². The minimum absolute atomic E-state index is 0.0391. The van der Waals surface area contributed by atoms with Crippen LogP contribution in [0, 0.1) is 29.1 Å². The maximum atomic E-state index is 13.7. The van der Waals surface area contributed by atoms with Crippen LogP contribution in [-0.2, 0) is 11.2 Å². The number of anilines is 1. The van der Waals surface area contributed by atoms with Crippen molar-refractivity contribution in [2.45, 2.75) is 32.7 Å². The first-order valence-corrected chi connectivity index (χ1v) is 8.37. The van der Waals surface area contributed by atoms with Crippen LogP contribution in [0.25, 0.3) is 0 Å². The summed E-state index contributed by atoms with van der Waals surface area (Å²) in [5, 5.41) is 4.96. The molecule has 0 aliphatic rings. The van der Waals surface area contributed by atoms with Crippen LogP contribution in [0.1, 0.15) is 36.2 Å². The Balaban J connectivity index is 2.25. The van der Waals surface area contributed by atoms with Crippen molar-refractivity contribution in [1.29, 1.82) is 0 Å². The molecule has 0 aliphatic heterocycles. The lowest BCUT2D eigenvalue weighted by molar-refractivity contribution is -0.115. The fourth-order valence-electron chi connectivity index (χ4n) is 2.35. The third-order valence-corrected chi connectivity index (χ3v) is 4.07. The third-order valence-electron chi connectivity index (χ3n) is 4.07. The van der Waals surface area contributed by atoms with Gasteiger partial charge in [0.1, 0.15) is 0 Å². The van der Waals surface area contributed by atoms with Crippen molar-refractivity contribution < 1.29 is 31.5 Å². The monoisotopic (exact) mass is 400 g/mol. The molecule has 0 saturated carbocycles. The first kappa shape index (κ1) is 21.3. The Labute approximate surface area is 157 Å². The number of rotatable bonds is 6. The van der Waals surface area contributed by atoms with Gasteiger partial charge in [-0.05, 0) is 25.5 Å². The van der Waals surface area contributed by atoms with Crippen LogP contribution in [0.4, 0.5) is 27.6 Å². The van der Waals surface area contributed by atoms with Gasteiger partial charge in [0, 0.05) is 11.6 Å². The minimum Gasteiger partial charge on any atom is -0.350 e. The number of halogens is 5. The minimum atomic E-state index is -2.30. The quantitative estimate of drug-likeness (QED) is 0.436. The van der Waals surface area contributed by atoms with Gasteiger partial charge in [0.05, 0.1) is 17.7 Å². The predicted molar refractivity (Wildman–Crippen MR) is 92.2 cm³/mol. The van der Waals surface area contributed by atoms with E-state index in [2.05, 4.69) is 10.6 Å². The van der Waals surface area contributed by atoms with Crippen molar-refractivity contribution in [1.82, 2.24) is 5.32 Å². The Morgan fingerprint density at radius 3 is 2.04 bits per heavy atom. The van der Waals surface area contributed by atoms with Gasteiger partial charge < -0.3 is 10.6 Å². The number of amides is 2. The summed E-state index contributed by atoms with van der Waals surface area (Å²) in [5.74, 6) is -12.2. The van der Waals surface area contributed by atoms with Gasteiger partial charge in [-0.15, -0.1) is 0 Å². The smallest absolute Gasteiger partial charge is 0.253 e. The molecule has 2 rings (SSSR count). The second kappa shape index (κ2) is 8.81. The highest BCUT2D eigenvalue weighted by molar-refractivity contribution is 6.04. The molecule has 2 N–H and O–H groups in total. The number of para-hydroxylation sites is 1. The van der Waals surface area contributed by atoms with E-state index in [1.54, 1.807) is 13.0 Å². The Bertz CT molecular complexity index is 888. The summed E-state index contributed by atoms with van der Waals surface area (Å²) in [7, 11) is 0. The lowest BCUT2D eigenvalue weighted by Gasteiger charge is -2.15. The van der Waals surface area contributed by atoms with Crippen molar-refractivity contribution in [2.75, 3.05) is 5.32 Å². The summed E-state index contributed by atoms with van der Waals surface area (Å²) in [4.78, 5) is 24.4. The number of nitrogens with one attached hydrogen (secondary N) is 2. The van der Waals surface area contributed by atoms with Crippen LogP contribution < -0.4 is 10.6 Å². The molecule has 0 aliphatic carbocycles. The van der Waals surface area contributed by atoms with E-state index in [1.165, 1.54) is 18.2 Å². The largest absolute Gasteiger partial charge is 0.350 e. The standard InChI is InChI=1S/C19H17F5N2O2/c1-3-9(2)25-19(28)10-6-4-5-7-12(10)26-13(27)8-11-14(20)16(22)18(24)17(23)15(11)21/h4-7,9H,3,8H2,1-2H3,(H,25,28)(H,26,27). The second-order valence-corrected chi connectivity index (χ2v) is 6.10. The van der Waals surface area contributed by atoms with E-state index >= 15 is 0 Å². The number of hydrogen-bond acceptors (Lipinski definition) is 2. The molecular weight excluding hydrogens is 383 g/mol. The molecule has 0 bridgehead atoms. The maximum absolute atomic E-state index is 13.7. The fraction of sp³-hybridized carbons (Fsp3) is 0.263. The molecule has 150 valence electrons. The zero-order valence-corrected chi connectivity index (χ0v) is 15.0. The van der Waals surface area contributed by atoms with Gasteiger partial charge in [-0.25, -0.2) is 22.0 Å². The zero-order valence-electron chi connectivity index (χ0n) is 15.0. The summed E-state index contributed by atoms with van der Waals surface area (Å²) in [6, 6.07) is 5.72. The van der Waals surface area contributed by atoms with E-state index < -0.39 is 52.9 Å². The lowest BCUT2D eigenvalue weighted by Crippen LogP contribution is -2.32. The average Bonchev–Trinajstić information content (AvgIpc) is 2.68. The molecule has 0 heterocycles. The van der Waals surface area contributed by atoms with E-state index in [0.717, 1.165) is 0 Å². The second-order valence-electron chi connectivity index (χ2n) is 6.10. The van der Waals surface area contributed by atoms with E-state index in [-0.39, 0.29) is 17.3 Å². The highest BCUT2D eigenvalue weighted by atomic mass is 19.2. The zero-order chi connectivity index (χ0) is 21.0. The molecule has 9 heteroatoms. The molecule has 1 unspecified atom stereocenters. The molecule has 0 saturated heterocycles. The van der Waals surface area contributed by atoms with Gasteiger partial charge in [-0.2, -0.15) is 0 Å². The summed E-state index contributed by atoms with van der Waals surface area (Å²) >= 11 is 0. The normalized spacial score (nSPS) is 11.8. The van der Waals surface area contributed by atoms with Crippen molar-refractivity contribution in [3.05, 3.63) is 64.5 Å². The molecule has 2 aromatic rings. The molecule has 0 spiro atoms. The first-order chi connectivity index (χ1) is 13.2. The molecule has 2 amide bonds. The Morgan fingerprint density at radius 2 is 1.46 bits per heavy atom. The van der Waals surface area contributed by atoms with Crippen LogP contribution in [0.2, 0.25) is 0 Å². The number of carbonyl (C=O) groups excluding carboxylic acids is 2. The highest BCUT2D eigenvalue weighted by Gasteiger charge is 2.27. The topological polar surface area (TPSA) is 58.2 Å². The SMILES string of the molecule is CCC(C)NC(=O)c1ccccc1NC(=O)Cc1c(F)c(F)c(F)c(F)c1F. The van der Waals surface area contributed by atoms with Crippen molar-refractivity contribution in [3.8, 4) is 0 Å². The van der Waals surface area contributed by atoms with E-state index in [4.69, 9.17) is 0 Å². The van der Waals surface area contributed by atoms with Gasteiger partial charge in [-0.1, -0.05) is 19.1 Å². The van der Waals surface area contributed by atoms with Crippen LogP contribution >= 0.6 is 0 Å². The van der Waals surface area contributed by atoms with Crippen molar-refractivity contribution in [2.24, 2.45) is 0 Å². The summed E-state index contributed by atoms with van der Waals surface area (Å²) in [6.45, 7) is 3.64. The van der Waals surface area contributed by atoms with Gasteiger partial charge in [0.15, 0.2) is 23.3 Å². The Kier molecular flexibility index (Phi) is 6.71. The van der Waals surface area contributed by atoms with Crippen LogP contribution in [0.15, 0.2) is 24.3 Å². The van der Waals surface area contributed by atoms with Crippen molar-refractivity contribution >= 4 is 17.5 Å². The molecule has 0 radical (unpaired) electrons. The lowest BCUT2D eigenvalue weighted by atomic mass is 10.1. The van der Waals surface area contributed by atoms with Gasteiger partial charge in [0.2, 0.25) is 11.7 Å². The van der Waals surface area contributed by atoms with Crippen molar-refractivity contribution in [3.63, 3.8) is 0 Å².